The van der Waals surface area contributed by atoms with E-state index in [4.69, 9.17) is 4.74 Å². The summed E-state index contributed by atoms with van der Waals surface area (Å²) in [5, 5.41) is 14.8. The van der Waals surface area contributed by atoms with Crippen LogP contribution in [0.5, 0.6) is 0 Å². The molecule has 0 aliphatic heterocycles. The van der Waals surface area contributed by atoms with Crippen LogP contribution in [-0.2, 0) is 22.1 Å². The molecular formula is C10H21N5O2S. The van der Waals surface area contributed by atoms with E-state index < -0.39 is 10.8 Å². The third-order valence-electron chi connectivity index (χ3n) is 2.57. The van der Waals surface area contributed by atoms with Crippen LogP contribution in [0.25, 0.3) is 0 Å². The van der Waals surface area contributed by atoms with Crippen molar-refractivity contribution >= 4 is 10.8 Å². The largest absolute Gasteiger partial charge is 0.383 e. The molecule has 0 bridgehead atoms. The van der Waals surface area contributed by atoms with Gasteiger partial charge in [0.2, 0.25) is 0 Å². The number of aromatic nitrogens is 4. The third kappa shape index (κ3) is 5.19. The van der Waals surface area contributed by atoms with Gasteiger partial charge in [0, 0.05) is 36.5 Å². The normalized spacial score (nSPS) is 14.6. The van der Waals surface area contributed by atoms with Crippen LogP contribution in [0.3, 0.4) is 0 Å². The van der Waals surface area contributed by atoms with Gasteiger partial charge < -0.3 is 10.1 Å². The first kappa shape index (κ1) is 15.2. The molecule has 1 aromatic rings. The van der Waals surface area contributed by atoms with Crippen molar-refractivity contribution in [3.63, 3.8) is 0 Å². The number of tetrazole rings is 1. The maximum absolute atomic E-state index is 11.1. The summed E-state index contributed by atoms with van der Waals surface area (Å²) in [7, 11) is 0.889. The first-order valence-corrected chi connectivity index (χ1v) is 7.64. The fourth-order valence-corrected chi connectivity index (χ4v) is 2.18. The molecule has 1 heterocycles. The highest BCUT2D eigenvalue weighted by Gasteiger charge is 2.12. The van der Waals surface area contributed by atoms with Crippen molar-refractivity contribution in [3.05, 3.63) is 5.82 Å². The zero-order valence-corrected chi connectivity index (χ0v) is 11.9. The predicted molar refractivity (Wildman–Crippen MR) is 69.7 cm³/mol. The van der Waals surface area contributed by atoms with Crippen molar-refractivity contribution in [1.29, 1.82) is 0 Å². The molecule has 0 amide bonds. The SMILES string of the molecule is COCCNCc1nnnn1C(C)CCS(C)=O. The minimum atomic E-state index is -0.776. The first-order chi connectivity index (χ1) is 8.65. The molecule has 2 unspecified atom stereocenters. The average molecular weight is 275 g/mol. The molecule has 0 saturated carbocycles. The minimum Gasteiger partial charge on any atom is -0.383 e. The fraction of sp³-hybridized carbons (Fsp3) is 0.900. The molecule has 0 aliphatic rings. The zero-order valence-electron chi connectivity index (χ0n) is 11.1. The van der Waals surface area contributed by atoms with E-state index in [9.17, 15) is 4.21 Å². The van der Waals surface area contributed by atoms with Gasteiger partial charge in [-0.3, -0.25) is 4.21 Å². The molecule has 1 aromatic heterocycles. The monoisotopic (exact) mass is 275 g/mol. The fourth-order valence-electron chi connectivity index (χ4n) is 1.50. The molecule has 0 fully saturated rings. The summed E-state index contributed by atoms with van der Waals surface area (Å²) in [5.74, 6) is 1.46. The molecule has 8 heteroatoms. The summed E-state index contributed by atoms with van der Waals surface area (Å²) in [4.78, 5) is 0. The summed E-state index contributed by atoms with van der Waals surface area (Å²) in [5.41, 5.74) is 0. The van der Waals surface area contributed by atoms with Gasteiger partial charge >= 0.3 is 0 Å². The molecule has 2 atom stereocenters. The lowest BCUT2D eigenvalue weighted by Crippen LogP contribution is -2.23. The number of methoxy groups -OCH3 is 1. The molecule has 18 heavy (non-hydrogen) atoms. The highest BCUT2D eigenvalue weighted by Crippen LogP contribution is 2.10. The van der Waals surface area contributed by atoms with E-state index in [1.54, 1.807) is 18.0 Å². The Morgan fingerprint density at radius 1 is 1.56 bits per heavy atom. The van der Waals surface area contributed by atoms with Crippen molar-refractivity contribution in [3.8, 4) is 0 Å². The van der Waals surface area contributed by atoms with E-state index >= 15 is 0 Å². The van der Waals surface area contributed by atoms with Crippen molar-refractivity contribution in [2.24, 2.45) is 0 Å². The second kappa shape index (κ2) is 8.28. The lowest BCUT2D eigenvalue weighted by atomic mass is 10.2. The highest BCUT2D eigenvalue weighted by molar-refractivity contribution is 7.84. The first-order valence-electron chi connectivity index (χ1n) is 5.91. The topological polar surface area (TPSA) is 81.9 Å². The molecular weight excluding hydrogens is 254 g/mol. The highest BCUT2D eigenvalue weighted by atomic mass is 32.2. The number of hydrogen-bond acceptors (Lipinski definition) is 6. The third-order valence-corrected chi connectivity index (χ3v) is 3.38. The zero-order chi connectivity index (χ0) is 13.4. The van der Waals surface area contributed by atoms with Crippen LogP contribution >= 0.6 is 0 Å². The van der Waals surface area contributed by atoms with Crippen LogP contribution in [-0.4, -0.2) is 56.7 Å². The van der Waals surface area contributed by atoms with Gasteiger partial charge in [0.25, 0.3) is 0 Å². The van der Waals surface area contributed by atoms with Gasteiger partial charge in [0.05, 0.1) is 19.2 Å². The lowest BCUT2D eigenvalue weighted by molar-refractivity contribution is 0.198. The maximum Gasteiger partial charge on any atom is 0.165 e. The average Bonchev–Trinajstić information content (AvgIpc) is 2.80. The molecule has 104 valence electrons. The maximum atomic E-state index is 11.1. The van der Waals surface area contributed by atoms with E-state index in [0.717, 1.165) is 18.8 Å². The van der Waals surface area contributed by atoms with Crippen molar-refractivity contribution in [2.75, 3.05) is 32.3 Å². The molecule has 0 aromatic carbocycles. The van der Waals surface area contributed by atoms with Crippen molar-refractivity contribution in [1.82, 2.24) is 25.5 Å². The summed E-state index contributed by atoms with van der Waals surface area (Å²) in [6.07, 6.45) is 2.51. The quantitative estimate of drug-likeness (QED) is 0.625. The Bertz CT molecular complexity index is 371. The van der Waals surface area contributed by atoms with Gasteiger partial charge in [0.1, 0.15) is 0 Å². The van der Waals surface area contributed by atoms with Crippen LogP contribution in [0.4, 0.5) is 0 Å². The van der Waals surface area contributed by atoms with Crippen LogP contribution in [0.2, 0.25) is 0 Å². The second-order valence-corrected chi connectivity index (χ2v) is 5.68. The number of rotatable bonds is 9. The summed E-state index contributed by atoms with van der Waals surface area (Å²) < 4.78 is 17.8. The van der Waals surface area contributed by atoms with E-state index in [-0.39, 0.29) is 6.04 Å². The standard InChI is InChI=1S/C10H21N5O2S/c1-9(4-7-18(3)16)15-10(12-13-14-15)8-11-5-6-17-2/h9,11H,4-8H2,1-3H3. The van der Waals surface area contributed by atoms with Gasteiger partial charge in [-0.1, -0.05) is 0 Å². The Balaban J connectivity index is 2.45. The van der Waals surface area contributed by atoms with Crippen molar-refractivity contribution < 1.29 is 8.95 Å². The molecule has 0 spiro atoms. The van der Waals surface area contributed by atoms with Gasteiger partial charge in [-0.05, 0) is 23.8 Å². The van der Waals surface area contributed by atoms with E-state index in [1.807, 2.05) is 6.92 Å². The smallest absolute Gasteiger partial charge is 0.165 e. The number of nitrogens with zero attached hydrogens (tertiary/aromatic N) is 4. The van der Waals surface area contributed by atoms with Gasteiger partial charge in [0.15, 0.2) is 5.82 Å². The molecule has 0 aliphatic carbocycles. The van der Waals surface area contributed by atoms with Gasteiger partial charge in [-0.2, -0.15) is 0 Å². The molecule has 0 saturated heterocycles. The predicted octanol–water partition coefficient (Wildman–Crippen LogP) is -0.261. The Hall–Kier alpha value is -0.860. The lowest BCUT2D eigenvalue weighted by Gasteiger charge is -2.12. The number of hydrogen-bond donors (Lipinski definition) is 1. The second-order valence-electron chi connectivity index (χ2n) is 4.12. The molecule has 1 rings (SSSR count). The Morgan fingerprint density at radius 3 is 3.00 bits per heavy atom. The Kier molecular flexibility index (Phi) is 6.99. The molecule has 7 nitrogen and oxygen atoms in total. The minimum absolute atomic E-state index is 0.156. The van der Waals surface area contributed by atoms with E-state index in [1.165, 1.54) is 0 Å². The number of ether oxygens (including phenoxy) is 1. The number of nitrogens with one attached hydrogen (secondary N) is 1. The van der Waals surface area contributed by atoms with Gasteiger partial charge in [-0.25, -0.2) is 4.68 Å². The van der Waals surface area contributed by atoms with Gasteiger partial charge in [-0.15, -0.1) is 5.10 Å². The van der Waals surface area contributed by atoms with Crippen LogP contribution < -0.4 is 5.32 Å². The molecule has 1 N–H and O–H groups in total. The van der Waals surface area contributed by atoms with Crippen LogP contribution in [0.15, 0.2) is 0 Å². The summed E-state index contributed by atoms with van der Waals surface area (Å²) in [6, 6.07) is 0.156. The van der Waals surface area contributed by atoms with E-state index in [0.29, 0.717) is 18.9 Å². The molecule has 0 radical (unpaired) electrons. The Labute approximate surface area is 110 Å². The Morgan fingerprint density at radius 2 is 2.33 bits per heavy atom. The summed E-state index contributed by atoms with van der Waals surface area (Å²) in [6.45, 7) is 4.06. The van der Waals surface area contributed by atoms with E-state index in [2.05, 4.69) is 20.8 Å². The summed E-state index contributed by atoms with van der Waals surface area (Å²) >= 11 is 0. The van der Waals surface area contributed by atoms with Crippen LogP contribution in [0.1, 0.15) is 25.2 Å². The van der Waals surface area contributed by atoms with Crippen molar-refractivity contribution in [2.45, 2.75) is 25.9 Å². The van der Waals surface area contributed by atoms with Crippen LogP contribution in [0, 0.1) is 0 Å².